The monoisotopic (exact) mass is 211 g/mol. The summed E-state index contributed by atoms with van der Waals surface area (Å²) in [6, 6.07) is 1.33. The molecule has 1 aromatic rings. The maximum atomic E-state index is 11.7. The zero-order valence-corrected chi connectivity index (χ0v) is 6.00. The molecular formula is C5H3CuF3N2. The molecule has 0 spiro atoms. The predicted molar refractivity (Wildman–Crippen MR) is 27.0 cm³/mol. The Kier molecular flexibility index (Phi) is 3.48. The van der Waals surface area contributed by atoms with Gasteiger partial charge in [-0.2, -0.15) is 13.2 Å². The Hall–Kier alpha value is -0.611. The molecule has 0 aliphatic carbocycles. The summed E-state index contributed by atoms with van der Waals surface area (Å²) in [7, 11) is 0. The first-order valence-electron chi connectivity index (χ1n) is 2.45. The molecule has 65 valence electrons. The molecule has 1 heterocycles. The second kappa shape index (κ2) is 3.69. The van der Waals surface area contributed by atoms with Gasteiger partial charge < -0.3 is 0 Å². The SMILES string of the molecule is FC(F)(F)c1ncccn1.[Cu]. The van der Waals surface area contributed by atoms with Gasteiger partial charge in [-0.15, -0.1) is 0 Å². The van der Waals surface area contributed by atoms with Crippen molar-refractivity contribution in [3.8, 4) is 0 Å². The van der Waals surface area contributed by atoms with Gasteiger partial charge in [-0.25, -0.2) is 9.97 Å². The van der Waals surface area contributed by atoms with Crippen LogP contribution in [0.1, 0.15) is 5.82 Å². The molecule has 2 nitrogen and oxygen atoms in total. The zero-order valence-electron chi connectivity index (χ0n) is 5.06. The summed E-state index contributed by atoms with van der Waals surface area (Å²) in [5.74, 6) is -1.10. The average molecular weight is 212 g/mol. The third-order valence-corrected chi connectivity index (χ3v) is 0.819. The number of alkyl halides is 3. The molecule has 6 heteroatoms. The molecule has 0 amide bonds. The van der Waals surface area contributed by atoms with Crippen LogP contribution in [0.25, 0.3) is 0 Å². The first-order valence-corrected chi connectivity index (χ1v) is 2.45. The van der Waals surface area contributed by atoms with Gasteiger partial charge in [-0.3, -0.25) is 0 Å². The molecule has 1 rings (SSSR count). The molecule has 0 aromatic carbocycles. The Morgan fingerprint density at radius 1 is 1.09 bits per heavy atom. The van der Waals surface area contributed by atoms with Crippen molar-refractivity contribution in [2.45, 2.75) is 6.18 Å². The van der Waals surface area contributed by atoms with E-state index in [1.54, 1.807) is 0 Å². The van der Waals surface area contributed by atoms with E-state index in [1.165, 1.54) is 6.07 Å². The van der Waals surface area contributed by atoms with Gasteiger partial charge in [0, 0.05) is 29.5 Å². The van der Waals surface area contributed by atoms with Crippen LogP contribution in [0.5, 0.6) is 0 Å². The summed E-state index contributed by atoms with van der Waals surface area (Å²) in [5, 5.41) is 0. The minimum atomic E-state index is -4.43. The maximum Gasteiger partial charge on any atom is 0.451 e. The smallest absolute Gasteiger partial charge is 0.233 e. The number of aromatic nitrogens is 2. The van der Waals surface area contributed by atoms with E-state index in [9.17, 15) is 13.2 Å². The fourth-order valence-corrected chi connectivity index (χ4v) is 0.445. The summed E-state index contributed by atoms with van der Waals surface area (Å²) >= 11 is 0. The van der Waals surface area contributed by atoms with Gasteiger partial charge in [0.2, 0.25) is 5.82 Å². The van der Waals surface area contributed by atoms with E-state index in [0.717, 1.165) is 12.4 Å². The first-order chi connectivity index (χ1) is 4.61. The van der Waals surface area contributed by atoms with Crippen molar-refractivity contribution in [2.24, 2.45) is 0 Å². The Balaban J connectivity index is 0.000001000. The summed E-state index contributed by atoms with van der Waals surface area (Å²) in [4.78, 5) is 6.03. The third-order valence-electron chi connectivity index (χ3n) is 0.819. The van der Waals surface area contributed by atoms with Gasteiger partial charge in [0.1, 0.15) is 0 Å². The molecule has 0 fully saturated rings. The number of rotatable bonds is 0. The minimum Gasteiger partial charge on any atom is -0.233 e. The Labute approximate surface area is 71.3 Å². The molecule has 0 N–H and O–H groups in total. The standard InChI is InChI=1S/C5H3F3N2.Cu/c6-5(7,8)4-9-2-1-3-10-4;/h1-3H;. The van der Waals surface area contributed by atoms with Gasteiger partial charge in [0.25, 0.3) is 0 Å². The summed E-state index contributed by atoms with van der Waals surface area (Å²) in [6.45, 7) is 0. The second-order valence-electron chi connectivity index (χ2n) is 1.57. The van der Waals surface area contributed by atoms with Crippen LogP contribution in [0.15, 0.2) is 18.5 Å². The fourth-order valence-electron chi connectivity index (χ4n) is 0.445. The fraction of sp³-hybridized carbons (Fsp3) is 0.200. The van der Waals surface area contributed by atoms with Gasteiger partial charge in [0.15, 0.2) is 0 Å². The molecule has 0 atom stereocenters. The first kappa shape index (κ1) is 10.4. The van der Waals surface area contributed by atoms with E-state index in [1.807, 2.05) is 0 Å². The Morgan fingerprint density at radius 2 is 1.55 bits per heavy atom. The van der Waals surface area contributed by atoms with Crippen LogP contribution in [0.4, 0.5) is 13.2 Å². The van der Waals surface area contributed by atoms with E-state index < -0.39 is 12.0 Å². The van der Waals surface area contributed by atoms with Gasteiger partial charge in [-0.05, 0) is 6.07 Å². The summed E-state index contributed by atoms with van der Waals surface area (Å²) < 4.78 is 35.0. The van der Waals surface area contributed by atoms with Crippen LogP contribution >= 0.6 is 0 Å². The van der Waals surface area contributed by atoms with E-state index in [2.05, 4.69) is 9.97 Å². The normalized spacial score (nSPS) is 10.5. The van der Waals surface area contributed by atoms with Crippen molar-refractivity contribution in [2.75, 3.05) is 0 Å². The molecule has 0 bridgehead atoms. The molecule has 11 heavy (non-hydrogen) atoms. The largest absolute Gasteiger partial charge is 0.451 e. The topological polar surface area (TPSA) is 25.8 Å². The van der Waals surface area contributed by atoms with Crippen LogP contribution in [0.3, 0.4) is 0 Å². The van der Waals surface area contributed by atoms with Crippen molar-refractivity contribution < 1.29 is 30.2 Å². The predicted octanol–water partition coefficient (Wildman–Crippen LogP) is 1.49. The van der Waals surface area contributed by atoms with Crippen LogP contribution < -0.4 is 0 Å². The number of hydrogen-bond acceptors (Lipinski definition) is 2. The molecule has 0 aliphatic heterocycles. The number of hydrogen-bond donors (Lipinski definition) is 0. The molecule has 0 aliphatic rings. The van der Waals surface area contributed by atoms with E-state index >= 15 is 0 Å². The minimum absolute atomic E-state index is 0. The zero-order chi connectivity index (χ0) is 7.61. The summed E-state index contributed by atoms with van der Waals surface area (Å²) in [5.41, 5.74) is 0. The second-order valence-corrected chi connectivity index (χ2v) is 1.57. The molecule has 1 aromatic heterocycles. The quantitative estimate of drug-likeness (QED) is 0.608. The molecule has 0 saturated heterocycles. The van der Waals surface area contributed by atoms with Crippen molar-refractivity contribution in [1.82, 2.24) is 9.97 Å². The Bertz CT molecular complexity index is 211. The average Bonchev–Trinajstić information content (AvgIpc) is 1.88. The van der Waals surface area contributed by atoms with Gasteiger partial charge in [-0.1, -0.05) is 0 Å². The van der Waals surface area contributed by atoms with Gasteiger partial charge in [0.05, 0.1) is 0 Å². The van der Waals surface area contributed by atoms with Crippen LogP contribution in [0, 0.1) is 0 Å². The van der Waals surface area contributed by atoms with E-state index in [4.69, 9.17) is 0 Å². The van der Waals surface area contributed by atoms with Crippen molar-refractivity contribution in [1.29, 1.82) is 0 Å². The van der Waals surface area contributed by atoms with Crippen LogP contribution in [-0.4, -0.2) is 9.97 Å². The number of nitrogens with zero attached hydrogens (tertiary/aromatic N) is 2. The summed E-state index contributed by atoms with van der Waals surface area (Å²) in [6.07, 6.45) is -2.33. The van der Waals surface area contributed by atoms with Crippen LogP contribution in [-0.2, 0) is 23.2 Å². The molecule has 0 unspecified atom stereocenters. The number of halogens is 3. The van der Waals surface area contributed by atoms with E-state index in [0.29, 0.717) is 0 Å². The van der Waals surface area contributed by atoms with Gasteiger partial charge >= 0.3 is 6.18 Å². The maximum absolute atomic E-state index is 11.7. The Morgan fingerprint density at radius 3 is 1.82 bits per heavy atom. The van der Waals surface area contributed by atoms with Crippen molar-refractivity contribution in [3.05, 3.63) is 24.3 Å². The molecule has 1 radical (unpaired) electrons. The molecule has 0 saturated carbocycles. The van der Waals surface area contributed by atoms with Crippen molar-refractivity contribution >= 4 is 0 Å². The van der Waals surface area contributed by atoms with Crippen molar-refractivity contribution in [3.63, 3.8) is 0 Å². The molecular weight excluding hydrogens is 209 g/mol. The van der Waals surface area contributed by atoms with E-state index in [-0.39, 0.29) is 17.1 Å². The van der Waals surface area contributed by atoms with Crippen LogP contribution in [0.2, 0.25) is 0 Å². The third kappa shape index (κ3) is 2.86.